The van der Waals surface area contributed by atoms with Crippen LogP contribution in [0, 0.1) is 0 Å². The number of fused-ring (bicyclic) bond motifs is 1. The molecule has 0 fully saturated rings. The number of nitrogens with one attached hydrogen (secondary N) is 1. The van der Waals surface area contributed by atoms with Crippen LogP contribution in [0.25, 0.3) is 16.9 Å². The molecule has 0 unspecified atom stereocenters. The first-order valence-electron chi connectivity index (χ1n) is 9.94. The van der Waals surface area contributed by atoms with Crippen molar-refractivity contribution in [2.75, 3.05) is 20.3 Å². The second-order valence-corrected chi connectivity index (χ2v) is 7.21. The van der Waals surface area contributed by atoms with Crippen LogP contribution in [0.5, 0.6) is 0 Å². The number of methoxy groups -OCH3 is 1. The Balaban J connectivity index is 1.69. The first-order valence-corrected chi connectivity index (χ1v) is 9.94. The van der Waals surface area contributed by atoms with Crippen molar-refractivity contribution in [2.24, 2.45) is 0 Å². The van der Waals surface area contributed by atoms with Crippen molar-refractivity contribution in [2.45, 2.75) is 25.7 Å². The van der Waals surface area contributed by atoms with Crippen LogP contribution in [0.1, 0.15) is 34.5 Å². The Kier molecular flexibility index (Phi) is 5.58. The molecule has 0 saturated heterocycles. The Morgan fingerprint density at radius 3 is 2.54 bits per heavy atom. The van der Waals surface area contributed by atoms with Crippen LogP contribution in [0.4, 0.5) is 0 Å². The first-order chi connectivity index (χ1) is 13.8. The van der Waals surface area contributed by atoms with Crippen molar-refractivity contribution in [3.8, 4) is 16.9 Å². The number of carbonyl (C=O) groups is 1. The van der Waals surface area contributed by atoms with Gasteiger partial charge in [-0.25, -0.2) is 0 Å². The maximum atomic E-state index is 12.3. The average Bonchev–Trinajstić information content (AvgIpc) is 3.14. The third-order valence-electron chi connectivity index (χ3n) is 5.35. The van der Waals surface area contributed by atoms with Crippen LogP contribution in [0.3, 0.4) is 0 Å². The van der Waals surface area contributed by atoms with Gasteiger partial charge in [0.25, 0.3) is 5.91 Å². The van der Waals surface area contributed by atoms with Gasteiger partial charge in [-0.2, -0.15) is 0 Å². The summed E-state index contributed by atoms with van der Waals surface area (Å²) in [6.07, 6.45) is 4.72. The molecule has 1 aliphatic carbocycles. The van der Waals surface area contributed by atoms with Gasteiger partial charge in [0, 0.05) is 30.6 Å². The van der Waals surface area contributed by atoms with Gasteiger partial charge >= 0.3 is 0 Å². The minimum Gasteiger partial charge on any atom is -0.383 e. The van der Waals surface area contributed by atoms with Crippen LogP contribution in [0.2, 0.25) is 0 Å². The maximum Gasteiger partial charge on any atom is 0.251 e. The fraction of sp³-hybridized carbons (Fsp3) is 0.292. The van der Waals surface area contributed by atoms with Crippen molar-refractivity contribution in [1.82, 2.24) is 9.88 Å². The number of amides is 1. The minimum absolute atomic E-state index is 0.0681. The number of rotatable bonds is 6. The zero-order valence-corrected chi connectivity index (χ0v) is 16.3. The highest BCUT2D eigenvalue weighted by molar-refractivity contribution is 5.94. The van der Waals surface area contributed by atoms with E-state index in [1.807, 2.05) is 30.3 Å². The summed E-state index contributed by atoms with van der Waals surface area (Å²) < 4.78 is 7.36. The number of hydrogen-bond acceptors (Lipinski definition) is 2. The quantitative estimate of drug-likeness (QED) is 0.650. The first kappa shape index (κ1) is 18.5. The lowest BCUT2D eigenvalue weighted by Crippen LogP contribution is -2.26. The molecular weight excluding hydrogens is 348 g/mol. The molecule has 2 aromatic carbocycles. The number of ether oxygens (including phenoxy) is 1. The van der Waals surface area contributed by atoms with E-state index in [1.165, 1.54) is 35.4 Å². The highest BCUT2D eigenvalue weighted by atomic mass is 16.5. The summed E-state index contributed by atoms with van der Waals surface area (Å²) in [6.45, 7) is 1.03. The summed E-state index contributed by atoms with van der Waals surface area (Å²) in [5.74, 6) is -0.0681. The van der Waals surface area contributed by atoms with Gasteiger partial charge in [0.15, 0.2) is 0 Å². The van der Waals surface area contributed by atoms with Crippen molar-refractivity contribution >= 4 is 5.91 Å². The molecule has 28 heavy (non-hydrogen) atoms. The fourth-order valence-electron chi connectivity index (χ4n) is 3.95. The van der Waals surface area contributed by atoms with Crippen LogP contribution in [0.15, 0.2) is 60.7 Å². The Labute approximate surface area is 166 Å². The van der Waals surface area contributed by atoms with Gasteiger partial charge in [-0.3, -0.25) is 4.79 Å². The highest BCUT2D eigenvalue weighted by Crippen LogP contribution is 2.33. The monoisotopic (exact) mass is 374 g/mol. The van der Waals surface area contributed by atoms with Gasteiger partial charge in [0.05, 0.1) is 12.3 Å². The highest BCUT2D eigenvalue weighted by Gasteiger charge is 2.20. The molecule has 1 amide bonds. The number of nitrogens with zero attached hydrogens (tertiary/aromatic N) is 1. The molecule has 0 bridgehead atoms. The summed E-state index contributed by atoms with van der Waals surface area (Å²) in [4.78, 5) is 12.3. The molecule has 1 heterocycles. The second-order valence-electron chi connectivity index (χ2n) is 7.21. The minimum atomic E-state index is -0.0681. The van der Waals surface area contributed by atoms with Crippen molar-refractivity contribution < 1.29 is 9.53 Å². The standard InChI is InChI=1S/C24H26N2O2/c1-28-16-15-25-24(27)19-11-13-21(14-12-19)26-22-10-6-5-9-20(22)17-23(26)18-7-3-2-4-8-18/h2-4,7-8,11-14,17H,5-6,9-10,15-16H2,1H3,(H,25,27). The van der Waals surface area contributed by atoms with Gasteiger partial charge in [-0.15, -0.1) is 0 Å². The van der Waals surface area contributed by atoms with E-state index in [0.29, 0.717) is 18.7 Å². The van der Waals surface area contributed by atoms with Crippen LogP contribution in [-0.2, 0) is 17.6 Å². The fourth-order valence-corrected chi connectivity index (χ4v) is 3.95. The van der Waals surface area contributed by atoms with Crippen LogP contribution >= 0.6 is 0 Å². The van der Waals surface area contributed by atoms with E-state index in [1.54, 1.807) is 7.11 Å². The molecule has 0 radical (unpaired) electrons. The molecule has 0 aliphatic heterocycles. The lowest BCUT2D eigenvalue weighted by molar-refractivity contribution is 0.0937. The van der Waals surface area contributed by atoms with E-state index in [2.05, 4.69) is 40.2 Å². The zero-order chi connectivity index (χ0) is 19.3. The molecule has 1 N–H and O–H groups in total. The Morgan fingerprint density at radius 2 is 1.79 bits per heavy atom. The van der Waals surface area contributed by atoms with Gasteiger partial charge in [0.2, 0.25) is 0 Å². The molecule has 4 nitrogen and oxygen atoms in total. The number of aromatic nitrogens is 1. The molecule has 144 valence electrons. The predicted octanol–water partition coefficient (Wildman–Crippen LogP) is 4.40. The number of hydrogen-bond donors (Lipinski definition) is 1. The maximum absolute atomic E-state index is 12.3. The van der Waals surface area contributed by atoms with Crippen molar-refractivity contribution in [3.63, 3.8) is 0 Å². The van der Waals surface area contributed by atoms with Gasteiger partial charge in [-0.05, 0) is 67.1 Å². The molecule has 0 atom stereocenters. The van der Waals surface area contributed by atoms with E-state index in [9.17, 15) is 4.79 Å². The smallest absolute Gasteiger partial charge is 0.251 e. The van der Waals surface area contributed by atoms with E-state index < -0.39 is 0 Å². The number of aryl methyl sites for hydroxylation is 1. The van der Waals surface area contributed by atoms with Gasteiger partial charge in [0.1, 0.15) is 0 Å². The third kappa shape index (κ3) is 3.73. The third-order valence-corrected chi connectivity index (χ3v) is 5.35. The molecular formula is C24H26N2O2. The Hall–Kier alpha value is -2.85. The van der Waals surface area contributed by atoms with E-state index in [4.69, 9.17) is 4.74 Å². The van der Waals surface area contributed by atoms with Crippen LogP contribution in [-0.4, -0.2) is 30.7 Å². The molecule has 4 heteroatoms. The summed E-state index contributed by atoms with van der Waals surface area (Å²) in [6, 6.07) is 20.8. The number of benzene rings is 2. The van der Waals surface area contributed by atoms with Gasteiger partial charge in [-0.1, -0.05) is 30.3 Å². The number of carbonyl (C=O) groups excluding carboxylic acids is 1. The lowest BCUT2D eigenvalue weighted by atomic mass is 9.98. The SMILES string of the molecule is COCCNC(=O)c1ccc(-n2c(-c3ccccc3)cc3c2CCCC3)cc1. The van der Waals surface area contributed by atoms with Crippen LogP contribution < -0.4 is 5.32 Å². The van der Waals surface area contributed by atoms with E-state index >= 15 is 0 Å². The summed E-state index contributed by atoms with van der Waals surface area (Å²) in [5, 5.41) is 2.87. The normalized spacial score (nSPS) is 13.2. The lowest BCUT2D eigenvalue weighted by Gasteiger charge is -2.18. The average molecular weight is 374 g/mol. The van der Waals surface area contributed by atoms with Gasteiger partial charge < -0.3 is 14.6 Å². The predicted molar refractivity (Wildman–Crippen MR) is 112 cm³/mol. The van der Waals surface area contributed by atoms with E-state index in [-0.39, 0.29) is 5.91 Å². The molecule has 0 spiro atoms. The largest absolute Gasteiger partial charge is 0.383 e. The molecule has 0 saturated carbocycles. The zero-order valence-electron chi connectivity index (χ0n) is 16.3. The second kappa shape index (κ2) is 8.44. The molecule has 4 rings (SSSR count). The Bertz CT molecular complexity index is 943. The summed E-state index contributed by atoms with van der Waals surface area (Å²) >= 11 is 0. The summed E-state index contributed by atoms with van der Waals surface area (Å²) in [7, 11) is 1.63. The Morgan fingerprint density at radius 1 is 1.04 bits per heavy atom. The van der Waals surface area contributed by atoms with Crippen molar-refractivity contribution in [3.05, 3.63) is 77.5 Å². The van der Waals surface area contributed by atoms with E-state index in [0.717, 1.165) is 18.5 Å². The van der Waals surface area contributed by atoms with Crippen molar-refractivity contribution in [1.29, 1.82) is 0 Å². The summed E-state index contributed by atoms with van der Waals surface area (Å²) in [5.41, 5.74) is 7.08. The molecule has 1 aliphatic rings. The molecule has 3 aromatic rings. The molecule has 1 aromatic heterocycles. The topological polar surface area (TPSA) is 43.3 Å².